The van der Waals surface area contributed by atoms with E-state index >= 15 is 0 Å². The summed E-state index contributed by atoms with van der Waals surface area (Å²) in [4.78, 5) is 46.7. The molecule has 14 N–H and O–H groups in total. The summed E-state index contributed by atoms with van der Waals surface area (Å²) < 4.78 is 0. The molecular weight excluding hydrogens is 590 g/mol. The standard InChI is InChI=1S/2C13H26BN3O5.CH4/c2*1-7(2)10(15)12(18)17-9-6-16-11(13(19)20)8(9)4-3-5-14(21)22;/h2*7-11,16,21-22H,3-6,15H2,1-2H3,(H,17,18)(H,19,20);1H4/t2*8-,9+,10+,11+;/m11./s1. The first-order valence-corrected chi connectivity index (χ1v) is 15.2. The van der Waals surface area contributed by atoms with Gasteiger partial charge in [-0.15, -0.1) is 0 Å². The first-order valence-electron chi connectivity index (χ1n) is 15.2. The number of nitrogens with two attached hydrogens (primary N) is 2. The molecule has 2 amide bonds. The number of nitrogens with one attached hydrogen (secondary N) is 4. The first-order chi connectivity index (χ1) is 20.5. The molecule has 45 heavy (non-hydrogen) atoms. The second kappa shape index (κ2) is 20.7. The maximum absolute atomic E-state index is 12.1. The topological polar surface area (TPSA) is 290 Å². The van der Waals surface area contributed by atoms with E-state index in [0.29, 0.717) is 38.8 Å². The second-order valence-corrected chi connectivity index (χ2v) is 12.4. The molecule has 0 saturated carbocycles. The van der Waals surface area contributed by atoms with Crippen molar-refractivity contribution >= 4 is 38.0 Å². The lowest BCUT2D eigenvalue weighted by Crippen LogP contribution is -2.50. The minimum absolute atomic E-state index is 0. The predicted molar refractivity (Wildman–Crippen MR) is 171 cm³/mol. The fraction of sp³-hybridized carbons (Fsp3) is 0.852. The first kappa shape index (κ1) is 42.7. The van der Waals surface area contributed by atoms with E-state index in [1.54, 1.807) is 0 Å². The van der Waals surface area contributed by atoms with Crippen LogP contribution in [0.4, 0.5) is 0 Å². The number of carbonyl (C=O) groups is 4. The van der Waals surface area contributed by atoms with Gasteiger partial charge in [-0.2, -0.15) is 0 Å². The Morgan fingerprint density at radius 2 is 1.02 bits per heavy atom. The molecule has 0 aromatic rings. The van der Waals surface area contributed by atoms with E-state index in [4.69, 9.17) is 31.6 Å². The number of rotatable bonds is 16. The third-order valence-corrected chi connectivity index (χ3v) is 8.23. The van der Waals surface area contributed by atoms with Crippen molar-refractivity contribution in [1.82, 2.24) is 21.3 Å². The SMILES string of the molecule is C.CC(C)[C@H](N)C(=O)N[C@H]1CN[C@H](C(=O)O)[C@@H]1CCCB(O)O.CC(C)[C@H](N)C(=O)N[C@H]1CN[C@H](C(=O)O)[C@@H]1CCCB(O)O. The minimum Gasteiger partial charge on any atom is -0.480 e. The highest BCUT2D eigenvalue weighted by Crippen LogP contribution is 2.25. The van der Waals surface area contributed by atoms with Crippen LogP contribution in [0.25, 0.3) is 0 Å². The molecule has 2 aliphatic heterocycles. The third-order valence-electron chi connectivity index (χ3n) is 8.23. The molecule has 2 rings (SSSR count). The molecule has 16 nitrogen and oxygen atoms in total. The van der Waals surface area contributed by atoms with E-state index in [0.717, 1.165) is 0 Å². The highest BCUT2D eigenvalue weighted by Gasteiger charge is 2.42. The molecule has 2 aliphatic rings. The molecule has 0 aromatic carbocycles. The molecule has 260 valence electrons. The van der Waals surface area contributed by atoms with Crippen LogP contribution >= 0.6 is 0 Å². The summed E-state index contributed by atoms with van der Waals surface area (Å²) in [7, 11) is -2.81. The van der Waals surface area contributed by atoms with E-state index in [1.807, 2.05) is 27.7 Å². The van der Waals surface area contributed by atoms with Gasteiger partial charge in [-0.25, -0.2) is 0 Å². The van der Waals surface area contributed by atoms with Gasteiger partial charge in [0.1, 0.15) is 12.1 Å². The number of hydrogen-bond donors (Lipinski definition) is 12. The largest absolute Gasteiger partial charge is 0.480 e. The summed E-state index contributed by atoms with van der Waals surface area (Å²) in [6.07, 6.45) is 2.24. The normalized spacial score (nSPS) is 25.4. The lowest BCUT2D eigenvalue weighted by Gasteiger charge is -2.25. The summed E-state index contributed by atoms with van der Waals surface area (Å²) in [5.74, 6) is -3.15. The van der Waals surface area contributed by atoms with Crippen LogP contribution in [0.15, 0.2) is 0 Å². The summed E-state index contributed by atoms with van der Waals surface area (Å²) >= 11 is 0. The number of carbonyl (C=O) groups excluding carboxylic acids is 2. The van der Waals surface area contributed by atoms with Crippen molar-refractivity contribution in [2.24, 2.45) is 35.1 Å². The maximum Gasteiger partial charge on any atom is 0.451 e. The van der Waals surface area contributed by atoms with Crippen molar-refractivity contribution in [2.75, 3.05) is 13.1 Å². The van der Waals surface area contributed by atoms with Crippen LogP contribution in [-0.4, -0.2) is 118 Å². The molecule has 0 spiro atoms. The Kier molecular flexibility index (Phi) is 19.7. The Hall–Kier alpha value is -2.31. The summed E-state index contributed by atoms with van der Waals surface area (Å²) in [6, 6.07) is -3.43. The van der Waals surface area contributed by atoms with Crippen LogP contribution in [0.3, 0.4) is 0 Å². The van der Waals surface area contributed by atoms with Gasteiger partial charge in [-0.1, -0.05) is 48.0 Å². The molecule has 0 radical (unpaired) electrons. The van der Waals surface area contributed by atoms with Crippen LogP contribution < -0.4 is 32.7 Å². The zero-order chi connectivity index (χ0) is 33.7. The fourth-order valence-corrected chi connectivity index (χ4v) is 5.41. The van der Waals surface area contributed by atoms with Crippen molar-refractivity contribution in [3.63, 3.8) is 0 Å². The maximum atomic E-state index is 12.1. The summed E-state index contributed by atoms with van der Waals surface area (Å²) in [5.41, 5.74) is 11.6. The van der Waals surface area contributed by atoms with Crippen LogP contribution in [0.5, 0.6) is 0 Å². The fourth-order valence-electron chi connectivity index (χ4n) is 5.41. The van der Waals surface area contributed by atoms with Gasteiger partial charge in [0.05, 0.1) is 12.1 Å². The van der Waals surface area contributed by atoms with Crippen molar-refractivity contribution in [3.8, 4) is 0 Å². The summed E-state index contributed by atoms with van der Waals surface area (Å²) in [6.45, 7) is 8.10. The molecule has 8 atom stereocenters. The van der Waals surface area contributed by atoms with Gasteiger partial charge in [-0.05, 0) is 37.3 Å². The number of hydrogen-bond acceptors (Lipinski definition) is 12. The highest BCUT2D eigenvalue weighted by molar-refractivity contribution is 6.41. The van der Waals surface area contributed by atoms with E-state index < -0.39 is 50.3 Å². The van der Waals surface area contributed by atoms with Gasteiger partial charge in [0.2, 0.25) is 11.8 Å². The molecule has 18 heteroatoms. The predicted octanol–water partition coefficient (Wildman–Crippen LogP) is -2.60. The van der Waals surface area contributed by atoms with Crippen molar-refractivity contribution in [2.45, 2.75) is 110 Å². The molecule has 0 aliphatic carbocycles. The average Bonchev–Trinajstić information content (AvgIpc) is 3.51. The molecule has 0 unspecified atom stereocenters. The van der Waals surface area contributed by atoms with E-state index in [1.165, 1.54) is 0 Å². The number of aliphatic carboxylic acids is 2. The van der Waals surface area contributed by atoms with Gasteiger partial charge in [0.25, 0.3) is 0 Å². The monoisotopic (exact) mass is 646 g/mol. The van der Waals surface area contributed by atoms with E-state index in [2.05, 4.69) is 21.3 Å². The third kappa shape index (κ3) is 14.3. The Labute approximate surface area is 266 Å². The quantitative estimate of drug-likeness (QED) is 0.0766. The molecular formula is C27H56B2N6O10. The zero-order valence-electron chi connectivity index (χ0n) is 26.1. The molecule has 0 bridgehead atoms. The number of carboxylic acid groups (broad SMARTS) is 2. The van der Waals surface area contributed by atoms with Crippen LogP contribution in [0.2, 0.25) is 12.6 Å². The van der Waals surface area contributed by atoms with Crippen molar-refractivity contribution in [3.05, 3.63) is 0 Å². The average molecular weight is 646 g/mol. The smallest absolute Gasteiger partial charge is 0.451 e. The lowest BCUT2D eigenvalue weighted by atomic mass is 9.80. The molecule has 2 fully saturated rings. The van der Waals surface area contributed by atoms with E-state index in [-0.39, 0.29) is 67.6 Å². The Bertz CT molecular complexity index is 860. The zero-order valence-corrected chi connectivity index (χ0v) is 26.1. The Morgan fingerprint density at radius 1 is 0.711 bits per heavy atom. The highest BCUT2D eigenvalue weighted by atomic mass is 16.4. The lowest BCUT2D eigenvalue weighted by molar-refractivity contribution is -0.141. The van der Waals surface area contributed by atoms with Gasteiger partial charge in [0, 0.05) is 37.0 Å². The van der Waals surface area contributed by atoms with Crippen LogP contribution in [0.1, 0.15) is 60.8 Å². The minimum atomic E-state index is -1.40. The van der Waals surface area contributed by atoms with Crippen molar-refractivity contribution in [1.29, 1.82) is 0 Å². The van der Waals surface area contributed by atoms with E-state index in [9.17, 15) is 29.4 Å². The number of amides is 2. The van der Waals surface area contributed by atoms with Crippen LogP contribution in [-0.2, 0) is 19.2 Å². The Morgan fingerprint density at radius 3 is 1.27 bits per heavy atom. The molecule has 0 aromatic heterocycles. The van der Waals surface area contributed by atoms with Gasteiger partial charge >= 0.3 is 26.2 Å². The summed E-state index contributed by atoms with van der Waals surface area (Å²) in [5, 5.41) is 65.4. The van der Waals surface area contributed by atoms with Crippen LogP contribution in [0, 0.1) is 23.7 Å². The second-order valence-electron chi connectivity index (χ2n) is 12.4. The molecule has 2 saturated heterocycles. The Balaban J connectivity index is 0.000000842. The van der Waals surface area contributed by atoms with Gasteiger partial charge in [-0.3, -0.25) is 19.2 Å². The number of carboxylic acids is 2. The van der Waals surface area contributed by atoms with Gasteiger partial charge in [0.15, 0.2) is 0 Å². The van der Waals surface area contributed by atoms with Gasteiger partial charge < -0.3 is 63.0 Å². The van der Waals surface area contributed by atoms with Crippen molar-refractivity contribution < 1.29 is 49.5 Å². The molecule has 2 heterocycles.